The number of hydrogen-bond donors (Lipinski definition) is 2. The number of anilines is 1. The van der Waals surface area contributed by atoms with Crippen molar-refractivity contribution in [2.45, 2.75) is 25.8 Å². The number of nitrogens with one attached hydrogen (secondary N) is 1. The van der Waals surface area contributed by atoms with Crippen molar-refractivity contribution in [1.82, 2.24) is 4.98 Å². The molecule has 0 aliphatic carbocycles. The molecule has 2 N–H and O–H groups in total. The largest absolute Gasteiger partial charge is 0.394 e. The molecular weight excluding hydrogens is 279 g/mol. The van der Waals surface area contributed by atoms with Crippen molar-refractivity contribution in [3.8, 4) is 0 Å². The van der Waals surface area contributed by atoms with Gasteiger partial charge in [0.1, 0.15) is 5.82 Å². The zero-order valence-corrected chi connectivity index (χ0v) is 11.1. The molecule has 1 unspecified atom stereocenters. The predicted octanol–water partition coefficient (Wildman–Crippen LogP) is 3.07. The highest BCUT2D eigenvalue weighted by Gasteiger charge is 2.21. The highest BCUT2D eigenvalue weighted by atomic mass is 79.9. The lowest BCUT2D eigenvalue weighted by molar-refractivity contribution is 0.218. The SMILES string of the molecule is CCC(C)(CO)Nc1ncc(Cl)cc1Br. The third-order valence-corrected chi connectivity index (χ3v) is 3.17. The third-order valence-electron chi connectivity index (χ3n) is 2.36. The van der Waals surface area contributed by atoms with E-state index in [-0.39, 0.29) is 12.1 Å². The van der Waals surface area contributed by atoms with E-state index in [0.717, 1.165) is 10.9 Å². The second kappa shape index (κ2) is 5.14. The van der Waals surface area contributed by atoms with Crippen LogP contribution in [0.2, 0.25) is 5.02 Å². The van der Waals surface area contributed by atoms with Gasteiger partial charge in [-0.05, 0) is 35.3 Å². The molecule has 0 saturated heterocycles. The van der Waals surface area contributed by atoms with Crippen LogP contribution in [0.5, 0.6) is 0 Å². The van der Waals surface area contributed by atoms with Crippen LogP contribution in [0.15, 0.2) is 16.7 Å². The second-order valence-electron chi connectivity index (χ2n) is 3.68. The van der Waals surface area contributed by atoms with Crippen molar-refractivity contribution >= 4 is 33.3 Å². The summed E-state index contributed by atoms with van der Waals surface area (Å²) in [6, 6.07) is 1.77. The van der Waals surface area contributed by atoms with Crippen LogP contribution in [0.4, 0.5) is 5.82 Å². The van der Waals surface area contributed by atoms with Gasteiger partial charge in [-0.3, -0.25) is 0 Å². The monoisotopic (exact) mass is 292 g/mol. The topological polar surface area (TPSA) is 45.1 Å². The van der Waals surface area contributed by atoms with Crippen molar-refractivity contribution < 1.29 is 5.11 Å². The van der Waals surface area contributed by atoms with Gasteiger partial charge < -0.3 is 10.4 Å². The average molecular weight is 294 g/mol. The van der Waals surface area contributed by atoms with Crippen LogP contribution in [0.3, 0.4) is 0 Å². The van der Waals surface area contributed by atoms with E-state index in [0.29, 0.717) is 10.8 Å². The fourth-order valence-electron chi connectivity index (χ4n) is 1.03. The molecule has 1 aromatic heterocycles. The summed E-state index contributed by atoms with van der Waals surface area (Å²) in [6.45, 7) is 4.00. The van der Waals surface area contributed by atoms with Crippen LogP contribution in [-0.2, 0) is 0 Å². The standard InChI is InChI=1S/C10H14BrClN2O/c1-3-10(2,6-15)14-9-8(11)4-7(12)5-13-9/h4-5,15H,3,6H2,1-2H3,(H,13,14). The van der Waals surface area contributed by atoms with Gasteiger partial charge in [-0.1, -0.05) is 18.5 Å². The zero-order valence-electron chi connectivity index (χ0n) is 8.72. The Bertz CT molecular complexity index is 342. The normalized spacial score (nSPS) is 14.7. The van der Waals surface area contributed by atoms with Crippen molar-refractivity contribution in [3.05, 3.63) is 21.8 Å². The average Bonchev–Trinajstić information content (AvgIpc) is 2.22. The van der Waals surface area contributed by atoms with Gasteiger partial charge >= 0.3 is 0 Å². The molecule has 0 amide bonds. The molecule has 0 aliphatic rings. The Hall–Kier alpha value is -0.320. The number of hydrogen-bond acceptors (Lipinski definition) is 3. The molecule has 0 radical (unpaired) electrons. The Morgan fingerprint density at radius 3 is 2.80 bits per heavy atom. The molecule has 84 valence electrons. The fraction of sp³-hybridized carbons (Fsp3) is 0.500. The summed E-state index contributed by atoms with van der Waals surface area (Å²) in [5.41, 5.74) is -0.358. The smallest absolute Gasteiger partial charge is 0.140 e. The molecule has 0 spiro atoms. The van der Waals surface area contributed by atoms with Gasteiger partial charge in [0.05, 0.1) is 21.6 Å². The lowest BCUT2D eigenvalue weighted by atomic mass is 10.0. The third kappa shape index (κ3) is 3.33. The van der Waals surface area contributed by atoms with Crippen LogP contribution in [0, 0.1) is 0 Å². The van der Waals surface area contributed by atoms with E-state index in [1.807, 2.05) is 13.8 Å². The number of aliphatic hydroxyl groups excluding tert-OH is 1. The Balaban J connectivity index is 2.89. The molecule has 1 aromatic rings. The molecule has 0 fully saturated rings. The maximum absolute atomic E-state index is 9.26. The van der Waals surface area contributed by atoms with Gasteiger partial charge in [0.2, 0.25) is 0 Å². The molecule has 0 bridgehead atoms. The first-order chi connectivity index (χ1) is 7.00. The van der Waals surface area contributed by atoms with E-state index in [9.17, 15) is 5.11 Å². The summed E-state index contributed by atoms with van der Waals surface area (Å²) >= 11 is 9.15. The predicted molar refractivity (Wildman–Crippen MR) is 66.4 cm³/mol. The highest BCUT2D eigenvalue weighted by Crippen LogP contribution is 2.26. The minimum absolute atomic E-state index is 0.0558. The van der Waals surface area contributed by atoms with Crippen LogP contribution in [0.25, 0.3) is 0 Å². The Morgan fingerprint density at radius 2 is 2.33 bits per heavy atom. The van der Waals surface area contributed by atoms with Crippen LogP contribution in [0.1, 0.15) is 20.3 Å². The number of rotatable bonds is 4. The number of aliphatic hydroxyl groups is 1. The summed E-state index contributed by atoms with van der Waals surface area (Å²) < 4.78 is 0.795. The van der Waals surface area contributed by atoms with Crippen molar-refractivity contribution in [2.24, 2.45) is 0 Å². The zero-order chi connectivity index (χ0) is 11.5. The van der Waals surface area contributed by atoms with E-state index < -0.39 is 0 Å². The molecule has 1 atom stereocenters. The summed E-state index contributed by atoms with van der Waals surface area (Å²) in [7, 11) is 0. The molecule has 1 heterocycles. The Kier molecular flexibility index (Phi) is 4.37. The van der Waals surface area contributed by atoms with Crippen LogP contribution in [-0.4, -0.2) is 22.2 Å². The number of halogens is 2. The minimum atomic E-state index is -0.358. The molecule has 15 heavy (non-hydrogen) atoms. The van der Waals surface area contributed by atoms with E-state index in [1.54, 1.807) is 12.3 Å². The van der Waals surface area contributed by atoms with Crippen molar-refractivity contribution in [2.75, 3.05) is 11.9 Å². The quantitative estimate of drug-likeness (QED) is 0.897. The van der Waals surface area contributed by atoms with Crippen LogP contribution < -0.4 is 5.32 Å². The van der Waals surface area contributed by atoms with Crippen molar-refractivity contribution in [3.63, 3.8) is 0 Å². The van der Waals surface area contributed by atoms with Gasteiger partial charge in [-0.15, -0.1) is 0 Å². The molecule has 0 aliphatic heterocycles. The summed E-state index contributed by atoms with van der Waals surface area (Å²) in [6.07, 6.45) is 2.38. The van der Waals surface area contributed by atoms with Gasteiger partial charge in [0.15, 0.2) is 0 Å². The summed E-state index contributed by atoms with van der Waals surface area (Å²) in [5, 5.41) is 13.0. The van der Waals surface area contributed by atoms with Gasteiger partial charge in [0, 0.05) is 6.20 Å². The number of aromatic nitrogens is 1. The van der Waals surface area contributed by atoms with E-state index >= 15 is 0 Å². The maximum Gasteiger partial charge on any atom is 0.140 e. The molecule has 3 nitrogen and oxygen atoms in total. The summed E-state index contributed by atoms with van der Waals surface area (Å²) in [5.74, 6) is 0.692. The van der Waals surface area contributed by atoms with Crippen LogP contribution >= 0.6 is 27.5 Å². The maximum atomic E-state index is 9.26. The fourth-order valence-corrected chi connectivity index (χ4v) is 1.77. The van der Waals surface area contributed by atoms with E-state index in [1.165, 1.54) is 0 Å². The first-order valence-electron chi connectivity index (χ1n) is 4.71. The minimum Gasteiger partial charge on any atom is -0.394 e. The van der Waals surface area contributed by atoms with Crippen molar-refractivity contribution in [1.29, 1.82) is 0 Å². The van der Waals surface area contributed by atoms with Gasteiger partial charge in [0.25, 0.3) is 0 Å². The molecular formula is C10H14BrClN2O. The molecule has 0 aromatic carbocycles. The number of nitrogens with zero attached hydrogens (tertiary/aromatic N) is 1. The Morgan fingerprint density at radius 1 is 1.67 bits per heavy atom. The number of pyridine rings is 1. The molecule has 5 heteroatoms. The summed E-state index contributed by atoms with van der Waals surface area (Å²) in [4.78, 5) is 4.16. The first-order valence-corrected chi connectivity index (χ1v) is 5.88. The molecule has 1 rings (SSSR count). The van der Waals surface area contributed by atoms with E-state index in [4.69, 9.17) is 11.6 Å². The lowest BCUT2D eigenvalue weighted by Crippen LogP contribution is -2.38. The van der Waals surface area contributed by atoms with E-state index in [2.05, 4.69) is 26.2 Å². The van der Waals surface area contributed by atoms with Gasteiger partial charge in [-0.2, -0.15) is 0 Å². The highest BCUT2D eigenvalue weighted by molar-refractivity contribution is 9.10. The van der Waals surface area contributed by atoms with Gasteiger partial charge in [-0.25, -0.2) is 4.98 Å². The lowest BCUT2D eigenvalue weighted by Gasteiger charge is -2.28. The first kappa shape index (κ1) is 12.7. The Labute approximate surface area is 103 Å². The molecule has 0 saturated carbocycles. The second-order valence-corrected chi connectivity index (χ2v) is 4.97.